The minimum absolute atomic E-state index is 0.00295. The summed E-state index contributed by atoms with van der Waals surface area (Å²) in [6.45, 7) is 7.72. The van der Waals surface area contributed by atoms with Gasteiger partial charge in [-0.05, 0) is 45.3 Å². The fraction of sp³-hybridized carbons (Fsp3) is 0.619. The highest BCUT2D eigenvalue weighted by Crippen LogP contribution is 2.32. The summed E-state index contributed by atoms with van der Waals surface area (Å²) in [5.41, 5.74) is 0.936. The van der Waals surface area contributed by atoms with Gasteiger partial charge in [-0.25, -0.2) is 0 Å². The fourth-order valence-corrected chi connectivity index (χ4v) is 4.05. The largest absolute Gasteiger partial charge is 0.356 e. The lowest BCUT2D eigenvalue weighted by molar-refractivity contribution is -0.171. The summed E-state index contributed by atoms with van der Waals surface area (Å²) < 4.78 is 5.80. The first kappa shape index (κ1) is 19.8. The summed E-state index contributed by atoms with van der Waals surface area (Å²) in [5, 5.41) is 0. The van der Waals surface area contributed by atoms with E-state index in [4.69, 9.17) is 4.74 Å². The first-order valence-electron chi connectivity index (χ1n) is 9.94. The molecule has 2 saturated heterocycles. The highest BCUT2D eigenvalue weighted by Gasteiger charge is 2.43. The van der Waals surface area contributed by atoms with Crippen LogP contribution in [0, 0.1) is 0 Å². The lowest BCUT2D eigenvalue weighted by Gasteiger charge is -2.43. The third kappa shape index (κ3) is 4.50. The standard InChI is InChI=1S/C21H31N3O3/c1-16(2)24-18(25)15-27-20(19(24)17-9-5-4-6-10-17)21(26)22(3)13-14-23-11-7-8-12-23/h4-6,9-10,16,19-20H,7-8,11-15H2,1-3H3/t19-,20+/m1/s1. The van der Waals surface area contributed by atoms with Crippen LogP contribution in [-0.2, 0) is 14.3 Å². The molecule has 0 saturated carbocycles. The van der Waals surface area contributed by atoms with Gasteiger partial charge >= 0.3 is 0 Å². The number of carbonyl (C=O) groups is 2. The van der Waals surface area contributed by atoms with E-state index in [-0.39, 0.29) is 24.5 Å². The SMILES string of the molecule is CC(C)N1C(=O)CO[C@H](C(=O)N(C)CCN2CCCC2)[C@H]1c1ccccc1. The Bertz CT molecular complexity index is 643. The topological polar surface area (TPSA) is 53.1 Å². The van der Waals surface area contributed by atoms with Gasteiger partial charge in [-0.3, -0.25) is 9.59 Å². The molecule has 27 heavy (non-hydrogen) atoms. The quantitative estimate of drug-likeness (QED) is 0.765. The Balaban J connectivity index is 1.77. The van der Waals surface area contributed by atoms with Crippen LogP contribution in [0.1, 0.15) is 38.3 Å². The summed E-state index contributed by atoms with van der Waals surface area (Å²) in [6, 6.07) is 9.34. The number of benzene rings is 1. The van der Waals surface area contributed by atoms with Crippen molar-refractivity contribution in [1.29, 1.82) is 0 Å². The Morgan fingerprint density at radius 3 is 2.52 bits per heavy atom. The molecule has 0 aliphatic carbocycles. The van der Waals surface area contributed by atoms with Gasteiger partial charge in [-0.1, -0.05) is 30.3 Å². The summed E-state index contributed by atoms with van der Waals surface area (Å²) in [6.07, 6.45) is 1.81. The van der Waals surface area contributed by atoms with Crippen molar-refractivity contribution in [1.82, 2.24) is 14.7 Å². The fourth-order valence-electron chi connectivity index (χ4n) is 4.05. The van der Waals surface area contributed by atoms with E-state index >= 15 is 0 Å². The monoisotopic (exact) mass is 373 g/mol. The summed E-state index contributed by atoms with van der Waals surface area (Å²) in [7, 11) is 1.83. The summed E-state index contributed by atoms with van der Waals surface area (Å²) in [4.78, 5) is 31.7. The maximum Gasteiger partial charge on any atom is 0.254 e. The van der Waals surface area contributed by atoms with Crippen molar-refractivity contribution in [3.8, 4) is 0 Å². The van der Waals surface area contributed by atoms with Gasteiger partial charge < -0.3 is 19.4 Å². The van der Waals surface area contributed by atoms with Crippen LogP contribution in [0.3, 0.4) is 0 Å². The summed E-state index contributed by atoms with van der Waals surface area (Å²) in [5.74, 6) is -0.121. The van der Waals surface area contributed by atoms with Gasteiger partial charge in [0.05, 0.1) is 6.04 Å². The molecule has 1 aromatic carbocycles. The Hall–Kier alpha value is -1.92. The van der Waals surface area contributed by atoms with Crippen LogP contribution < -0.4 is 0 Å². The van der Waals surface area contributed by atoms with Crippen molar-refractivity contribution < 1.29 is 14.3 Å². The number of hydrogen-bond acceptors (Lipinski definition) is 4. The molecule has 6 heteroatoms. The minimum atomic E-state index is -0.670. The van der Waals surface area contributed by atoms with Crippen molar-refractivity contribution >= 4 is 11.8 Å². The van der Waals surface area contributed by atoms with Gasteiger partial charge in [0, 0.05) is 26.2 Å². The lowest BCUT2D eigenvalue weighted by Crippen LogP contribution is -2.56. The van der Waals surface area contributed by atoms with Crippen molar-refractivity contribution in [2.75, 3.05) is 39.8 Å². The smallest absolute Gasteiger partial charge is 0.254 e. The third-order valence-electron chi connectivity index (χ3n) is 5.53. The number of nitrogens with zero attached hydrogens (tertiary/aromatic N) is 3. The Labute approximate surface area is 162 Å². The van der Waals surface area contributed by atoms with Gasteiger partial charge in [-0.2, -0.15) is 0 Å². The van der Waals surface area contributed by atoms with Crippen LogP contribution in [0.5, 0.6) is 0 Å². The van der Waals surface area contributed by atoms with E-state index in [0.29, 0.717) is 6.54 Å². The molecule has 0 unspecified atom stereocenters. The van der Waals surface area contributed by atoms with E-state index in [9.17, 15) is 9.59 Å². The molecular weight excluding hydrogens is 342 g/mol. The van der Waals surface area contributed by atoms with E-state index in [1.165, 1.54) is 12.8 Å². The molecule has 2 aliphatic heterocycles. The van der Waals surface area contributed by atoms with Crippen LogP contribution in [0.2, 0.25) is 0 Å². The predicted octanol–water partition coefficient (Wildman–Crippen LogP) is 1.92. The van der Waals surface area contributed by atoms with Crippen LogP contribution in [-0.4, -0.2) is 78.5 Å². The number of carbonyl (C=O) groups excluding carboxylic acids is 2. The second kappa shape index (κ2) is 8.85. The second-order valence-electron chi connectivity index (χ2n) is 7.79. The van der Waals surface area contributed by atoms with E-state index in [2.05, 4.69) is 4.90 Å². The number of ether oxygens (including phenoxy) is 1. The maximum atomic E-state index is 13.2. The molecule has 2 fully saturated rings. The van der Waals surface area contributed by atoms with Gasteiger partial charge in [0.25, 0.3) is 5.91 Å². The van der Waals surface area contributed by atoms with Gasteiger partial charge in [0.1, 0.15) is 6.61 Å². The zero-order valence-electron chi connectivity index (χ0n) is 16.6. The highest BCUT2D eigenvalue weighted by molar-refractivity contribution is 5.86. The molecule has 2 amide bonds. The normalized spacial score (nSPS) is 23.9. The first-order chi connectivity index (χ1) is 13.0. The molecule has 0 N–H and O–H groups in total. The Kier molecular flexibility index (Phi) is 6.50. The maximum absolute atomic E-state index is 13.2. The third-order valence-corrected chi connectivity index (χ3v) is 5.53. The molecule has 6 nitrogen and oxygen atoms in total. The van der Waals surface area contributed by atoms with E-state index in [1.807, 2.05) is 51.2 Å². The van der Waals surface area contributed by atoms with E-state index < -0.39 is 12.1 Å². The molecule has 0 bridgehead atoms. The number of likely N-dealkylation sites (tertiary alicyclic amines) is 1. The molecule has 2 heterocycles. The second-order valence-corrected chi connectivity index (χ2v) is 7.79. The van der Waals surface area contributed by atoms with Crippen LogP contribution in [0.15, 0.2) is 30.3 Å². The predicted molar refractivity (Wildman–Crippen MR) is 104 cm³/mol. The number of likely N-dealkylation sites (N-methyl/N-ethyl adjacent to an activating group) is 1. The molecule has 2 aliphatic rings. The van der Waals surface area contributed by atoms with Crippen molar-refractivity contribution in [2.24, 2.45) is 0 Å². The average Bonchev–Trinajstić information content (AvgIpc) is 3.19. The lowest BCUT2D eigenvalue weighted by atomic mass is 9.95. The molecule has 0 aromatic heterocycles. The van der Waals surface area contributed by atoms with Crippen molar-refractivity contribution in [3.05, 3.63) is 35.9 Å². The van der Waals surface area contributed by atoms with Gasteiger partial charge in [0.2, 0.25) is 5.91 Å². The number of rotatable bonds is 6. The molecule has 2 atom stereocenters. The molecule has 0 spiro atoms. The van der Waals surface area contributed by atoms with Crippen LogP contribution in [0.25, 0.3) is 0 Å². The number of hydrogen-bond donors (Lipinski definition) is 0. The van der Waals surface area contributed by atoms with Crippen LogP contribution in [0.4, 0.5) is 0 Å². The minimum Gasteiger partial charge on any atom is -0.356 e. The zero-order chi connectivity index (χ0) is 19.4. The molecule has 148 valence electrons. The number of amides is 2. The molecule has 0 radical (unpaired) electrons. The Morgan fingerprint density at radius 1 is 1.22 bits per heavy atom. The number of morpholine rings is 1. The zero-order valence-corrected chi connectivity index (χ0v) is 16.6. The van der Waals surface area contributed by atoms with Gasteiger partial charge in [0.15, 0.2) is 6.10 Å². The first-order valence-corrected chi connectivity index (χ1v) is 9.94. The molecular formula is C21H31N3O3. The van der Waals surface area contributed by atoms with Crippen molar-refractivity contribution in [2.45, 2.75) is 44.9 Å². The van der Waals surface area contributed by atoms with Gasteiger partial charge in [-0.15, -0.1) is 0 Å². The highest BCUT2D eigenvalue weighted by atomic mass is 16.5. The summed E-state index contributed by atoms with van der Waals surface area (Å²) >= 11 is 0. The van der Waals surface area contributed by atoms with E-state index in [1.54, 1.807) is 9.80 Å². The molecule has 1 aromatic rings. The van der Waals surface area contributed by atoms with Crippen LogP contribution >= 0.6 is 0 Å². The van der Waals surface area contributed by atoms with E-state index in [0.717, 1.165) is 25.2 Å². The average molecular weight is 373 g/mol. The molecule has 3 rings (SSSR count). The van der Waals surface area contributed by atoms with Crippen molar-refractivity contribution in [3.63, 3.8) is 0 Å². The Morgan fingerprint density at radius 2 is 1.89 bits per heavy atom.